The van der Waals surface area contributed by atoms with Crippen LogP contribution in [0.25, 0.3) is 22.2 Å². The van der Waals surface area contributed by atoms with E-state index in [9.17, 15) is 9.90 Å². The molecule has 0 spiro atoms. The van der Waals surface area contributed by atoms with E-state index in [4.69, 9.17) is 0 Å². The molecule has 0 saturated heterocycles. The molecular formula is C20H17N3O2S. The molecule has 1 amide bonds. The van der Waals surface area contributed by atoms with Crippen molar-refractivity contribution < 1.29 is 9.90 Å². The summed E-state index contributed by atoms with van der Waals surface area (Å²) in [6, 6.07) is 17.5. The zero-order valence-corrected chi connectivity index (χ0v) is 14.7. The van der Waals surface area contributed by atoms with Crippen LogP contribution in [0.3, 0.4) is 0 Å². The Morgan fingerprint density at radius 3 is 2.73 bits per heavy atom. The first kappa shape index (κ1) is 16.4. The van der Waals surface area contributed by atoms with Crippen LogP contribution in [0.5, 0.6) is 0 Å². The fourth-order valence-corrected chi connectivity index (χ4v) is 3.94. The van der Waals surface area contributed by atoms with Gasteiger partial charge >= 0.3 is 6.09 Å². The second-order valence-electron chi connectivity index (χ2n) is 6.00. The van der Waals surface area contributed by atoms with Crippen LogP contribution in [-0.4, -0.2) is 21.2 Å². The van der Waals surface area contributed by atoms with Gasteiger partial charge in [-0.2, -0.15) is 0 Å². The molecule has 2 aromatic carbocycles. The number of hydrogen-bond acceptors (Lipinski definition) is 3. The van der Waals surface area contributed by atoms with E-state index in [1.165, 1.54) is 11.3 Å². The summed E-state index contributed by atoms with van der Waals surface area (Å²) in [5.41, 5.74) is 3.99. The van der Waals surface area contributed by atoms with Gasteiger partial charge in [-0.25, -0.2) is 9.78 Å². The van der Waals surface area contributed by atoms with Gasteiger partial charge in [0, 0.05) is 34.5 Å². The van der Waals surface area contributed by atoms with Crippen molar-refractivity contribution in [2.24, 2.45) is 0 Å². The number of nitrogens with one attached hydrogen (secondary N) is 2. The van der Waals surface area contributed by atoms with Crippen molar-refractivity contribution in [1.29, 1.82) is 0 Å². The number of benzene rings is 2. The summed E-state index contributed by atoms with van der Waals surface area (Å²) in [6.45, 7) is 0. The highest BCUT2D eigenvalue weighted by molar-refractivity contribution is 7.10. The molecule has 0 fully saturated rings. The summed E-state index contributed by atoms with van der Waals surface area (Å²) < 4.78 is 0. The first-order chi connectivity index (χ1) is 12.7. The largest absolute Gasteiger partial charge is 0.465 e. The number of rotatable bonds is 5. The molecule has 0 aliphatic carbocycles. The van der Waals surface area contributed by atoms with Crippen molar-refractivity contribution in [2.75, 3.05) is 0 Å². The van der Waals surface area contributed by atoms with E-state index < -0.39 is 12.1 Å². The highest BCUT2D eigenvalue weighted by Crippen LogP contribution is 2.29. The average Bonchev–Trinajstić information content (AvgIpc) is 3.29. The van der Waals surface area contributed by atoms with E-state index in [0.717, 1.165) is 32.7 Å². The Bertz CT molecular complexity index is 1040. The topological polar surface area (TPSA) is 78.0 Å². The number of nitrogens with zero attached hydrogens (tertiary/aromatic N) is 1. The second-order valence-corrected chi connectivity index (χ2v) is 6.89. The van der Waals surface area contributed by atoms with Crippen molar-refractivity contribution in [3.05, 3.63) is 76.7 Å². The van der Waals surface area contributed by atoms with Crippen LogP contribution in [0.2, 0.25) is 0 Å². The standard InChI is InChI=1S/C20H17N3O2S/c24-20(25)23-17(10-14-11-21-16-9-5-4-8-15(14)16)19-22-18(12-26-19)13-6-2-1-3-7-13/h1-9,11-12,17,21,23H,10H2,(H,24,25)/t17-/m1/s1. The minimum absolute atomic E-state index is 0.394. The number of H-pyrrole nitrogens is 1. The third-order valence-corrected chi connectivity index (χ3v) is 5.24. The molecule has 2 aromatic heterocycles. The minimum Gasteiger partial charge on any atom is -0.465 e. The van der Waals surface area contributed by atoms with Gasteiger partial charge in [-0.3, -0.25) is 0 Å². The Balaban J connectivity index is 1.65. The molecule has 26 heavy (non-hydrogen) atoms. The molecule has 6 heteroatoms. The van der Waals surface area contributed by atoms with Gasteiger partial charge in [-0.05, 0) is 11.6 Å². The van der Waals surface area contributed by atoms with Crippen LogP contribution < -0.4 is 5.32 Å². The van der Waals surface area contributed by atoms with Gasteiger partial charge < -0.3 is 15.4 Å². The van der Waals surface area contributed by atoms with Gasteiger partial charge in [-0.1, -0.05) is 48.5 Å². The van der Waals surface area contributed by atoms with Gasteiger partial charge in [-0.15, -0.1) is 11.3 Å². The lowest BCUT2D eigenvalue weighted by Crippen LogP contribution is -2.28. The summed E-state index contributed by atoms with van der Waals surface area (Å²) in [5, 5.41) is 15.7. The molecular weight excluding hydrogens is 346 g/mol. The molecule has 0 bridgehead atoms. The Morgan fingerprint density at radius 2 is 1.92 bits per heavy atom. The average molecular weight is 363 g/mol. The molecule has 0 unspecified atom stereocenters. The molecule has 0 saturated carbocycles. The van der Waals surface area contributed by atoms with Crippen LogP contribution >= 0.6 is 11.3 Å². The van der Waals surface area contributed by atoms with E-state index in [1.54, 1.807) is 0 Å². The molecule has 0 aliphatic rings. The Hall–Kier alpha value is -3.12. The van der Waals surface area contributed by atoms with Crippen molar-refractivity contribution in [1.82, 2.24) is 15.3 Å². The van der Waals surface area contributed by atoms with Gasteiger partial charge in [0.15, 0.2) is 0 Å². The number of aromatic nitrogens is 2. The SMILES string of the molecule is O=C(O)N[C@H](Cc1c[nH]c2ccccc12)c1nc(-c2ccccc2)cs1. The zero-order chi connectivity index (χ0) is 17.9. The fourth-order valence-electron chi connectivity index (χ4n) is 3.06. The van der Waals surface area contributed by atoms with Crippen molar-refractivity contribution >= 4 is 28.3 Å². The Morgan fingerprint density at radius 1 is 1.15 bits per heavy atom. The summed E-state index contributed by atoms with van der Waals surface area (Å²) in [5.74, 6) is 0. The maximum absolute atomic E-state index is 11.3. The normalized spacial score (nSPS) is 12.2. The number of aromatic amines is 1. The molecule has 3 N–H and O–H groups in total. The lowest BCUT2D eigenvalue weighted by molar-refractivity contribution is 0.190. The summed E-state index contributed by atoms with van der Waals surface area (Å²) in [6.07, 6.45) is 1.43. The van der Waals surface area contributed by atoms with E-state index in [2.05, 4.69) is 15.3 Å². The van der Waals surface area contributed by atoms with E-state index in [0.29, 0.717) is 6.42 Å². The predicted molar refractivity (Wildman–Crippen MR) is 103 cm³/mol. The molecule has 4 rings (SSSR count). The smallest absolute Gasteiger partial charge is 0.405 e. The lowest BCUT2D eigenvalue weighted by Gasteiger charge is -2.14. The molecule has 5 nitrogen and oxygen atoms in total. The number of thiazole rings is 1. The number of amides is 1. The van der Waals surface area contributed by atoms with Gasteiger partial charge in [0.05, 0.1) is 11.7 Å². The first-order valence-corrected chi connectivity index (χ1v) is 9.14. The number of carboxylic acid groups (broad SMARTS) is 1. The van der Waals surface area contributed by atoms with E-state index in [-0.39, 0.29) is 0 Å². The summed E-state index contributed by atoms with van der Waals surface area (Å²) in [7, 11) is 0. The van der Waals surface area contributed by atoms with E-state index >= 15 is 0 Å². The molecule has 130 valence electrons. The third-order valence-electron chi connectivity index (χ3n) is 4.29. The van der Waals surface area contributed by atoms with Crippen LogP contribution in [0.15, 0.2) is 66.2 Å². The summed E-state index contributed by atoms with van der Waals surface area (Å²) in [4.78, 5) is 19.2. The van der Waals surface area contributed by atoms with Crippen LogP contribution in [-0.2, 0) is 6.42 Å². The molecule has 4 aromatic rings. The Kier molecular flexibility index (Phi) is 4.41. The highest BCUT2D eigenvalue weighted by Gasteiger charge is 2.20. The second kappa shape index (κ2) is 7.01. The zero-order valence-electron chi connectivity index (χ0n) is 13.8. The summed E-state index contributed by atoms with van der Waals surface area (Å²) >= 11 is 1.47. The maximum Gasteiger partial charge on any atom is 0.405 e. The monoisotopic (exact) mass is 363 g/mol. The fraction of sp³-hybridized carbons (Fsp3) is 0.100. The quantitative estimate of drug-likeness (QED) is 0.475. The van der Waals surface area contributed by atoms with Gasteiger partial charge in [0.25, 0.3) is 0 Å². The molecule has 1 atom stereocenters. The number of fused-ring (bicyclic) bond motifs is 1. The van der Waals surface area contributed by atoms with Crippen LogP contribution in [0.1, 0.15) is 16.6 Å². The Labute approximate surface area is 154 Å². The first-order valence-electron chi connectivity index (χ1n) is 8.26. The van der Waals surface area contributed by atoms with Crippen LogP contribution in [0.4, 0.5) is 4.79 Å². The van der Waals surface area contributed by atoms with Crippen molar-refractivity contribution in [2.45, 2.75) is 12.5 Å². The maximum atomic E-state index is 11.3. The number of hydrogen-bond donors (Lipinski definition) is 3. The van der Waals surface area contributed by atoms with Gasteiger partial charge in [0.1, 0.15) is 5.01 Å². The number of para-hydroxylation sites is 1. The van der Waals surface area contributed by atoms with E-state index in [1.807, 2.05) is 66.2 Å². The third kappa shape index (κ3) is 3.32. The van der Waals surface area contributed by atoms with Crippen molar-refractivity contribution in [3.8, 4) is 11.3 Å². The van der Waals surface area contributed by atoms with Gasteiger partial charge in [0.2, 0.25) is 0 Å². The molecule has 0 aliphatic heterocycles. The van der Waals surface area contributed by atoms with Crippen LogP contribution in [0, 0.1) is 0 Å². The number of carbonyl (C=O) groups is 1. The molecule has 0 radical (unpaired) electrons. The highest BCUT2D eigenvalue weighted by atomic mass is 32.1. The molecule has 2 heterocycles. The predicted octanol–water partition coefficient (Wildman–Crippen LogP) is 4.84. The lowest BCUT2D eigenvalue weighted by atomic mass is 10.1. The van der Waals surface area contributed by atoms with Crippen molar-refractivity contribution in [3.63, 3.8) is 0 Å². The minimum atomic E-state index is -1.05.